The average molecular weight is 340 g/mol. The van der Waals surface area contributed by atoms with Crippen molar-refractivity contribution in [1.29, 1.82) is 0 Å². The summed E-state index contributed by atoms with van der Waals surface area (Å²) >= 11 is 0. The fourth-order valence-corrected chi connectivity index (χ4v) is 3.53. The van der Waals surface area contributed by atoms with Crippen molar-refractivity contribution in [2.24, 2.45) is 0 Å². The van der Waals surface area contributed by atoms with Crippen LogP contribution in [0.25, 0.3) is 0 Å². The highest BCUT2D eigenvalue weighted by molar-refractivity contribution is 6.06. The van der Waals surface area contributed by atoms with Crippen molar-refractivity contribution in [1.82, 2.24) is 20.4 Å². The monoisotopic (exact) mass is 340 g/mol. The van der Waals surface area contributed by atoms with E-state index in [-0.39, 0.29) is 17.9 Å². The third-order valence-electron chi connectivity index (χ3n) is 5.15. The second kappa shape index (κ2) is 5.40. The predicted octanol–water partition coefficient (Wildman–Crippen LogP) is 2.37. The fraction of sp³-hybridized carbons (Fsp3) is 0.444. The molecule has 1 N–H and O–H groups in total. The molecule has 25 heavy (non-hydrogen) atoms. The Hall–Kier alpha value is -2.70. The van der Waals surface area contributed by atoms with Crippen LogP contribution in [0.4, 0.5) is 4.79 Å². The van der Waals surface area contributed by atoms with E-state index in [0.717, 1.165) is 29.7 Å². The lowest BCUT2D eigenvalue weighted by Crippen LogP contribution is -2.40. The van der Waals surface area contributed by atoms with Gasteiger partial charge in [0.2, 0.25) is 5.89 Å². The smallest absolute Gasteiger partial charge is 0.325 e. The van der Waals surface area contributed by atoms with Gasteiger partial charge >= 0.3 is 6.03 Å². The van der Waals surface area contributed by atoms with Crippen molar-refractivity contribution in [3.05, 3.63) is 47.6 Å². The molecule has 0 spiro atoms. The molecule has 1 saturated heterocycles. The van der Waals surface area contributed by atoms with E-state index in [0.29, 0.717) is 11.7 Å². The number of hydrogen-bond acceptors (Lipinski definition) is 5. The minimum absolute atomic E-state index is 0.0163. The molecule has 2 aliphatic rings. The Morgan fingerprint density at radius 1 is 1.20 bits per heavy atom. The van der Waals surface area contributed by atoms with Gasteiger partial charge in [-0.25, -0.2) is 4.79 Å². The van der Waals surface area contributed by atoms with Crippen LogP contribution in [0.2, 0.25) is 0 Å². The van der Waals surface area contributed by atoms with Gasteiger partial charge < -0.3 is 9.84 Å². The van der Waals surface area contributed by atoms with Crippen molar-refractivity contribution < 1.29 is 14.1 Å². The van der Waals surface area contributed by atoms with Crippen LogP contribution >= 0.6 is 0 Å². The van der Waals surface area contributed by atoms with Crippen molar-refractivity contribution in [3.8, 4) is 0 Å². The number of carbonyl (C=O) groups is 2. The van der Waals surface area contributed by atoms with E-state index in [4.69, 9.17) is 4.52 Å². The van der Waals surface area contributed by atoms with Crippen molar-refractivity contribution >= 4 is 11.9 Å². The van der Waals surface area contributed by atoms with E-state index < -0.39 is 11.6 Å². The zero-order valence-electron chi connectivity index (χ0n) is 14.3. The molecule has 4 rings (SSSR count). The van der Waals surface area contributed by atoms with E-state index >= 15 is 0 Å². The third-order valence-corrected chi connectivity index (χ3v) is 5.15. The predicted molar refractivity (Wildman–Crippen MR) is 88.5 cm³/mol. The zero-order valence-corrected chi connectivity index (χ0v) is 14.3. The van der Waals surface area contributed by atoms with Gasteiger partial charge in [-0.3, -0.25) is 9.69 Å². The molecular formula is C18H20N4O3. The number of amides is 3. The van der Waals surface area contributed by atoms with Crippen LogP contribution in [-0.4, -0.2) is 32.5 Å². The first-order valence-electron chi connectivity index (χ1n) is 8.45. The summed E-state index contributed by atoms with van der Waals surface area (Å²) in [6.07, 6.45) is 3.01. The van der Waals surface area contributed by atoms with Gasteiger partial charge in [-0.05, 0) is 32.3 Å². The van der Waals surface area contributed by atoms with Gasteiger partial charge in [-0.15, -0.1) is 0 Å². The quantitative estimate of drug-likeness (QED) is 0.863. The Labute approximate surface area is 145 Å². The van der Waals surface area contributed by atoms with Crippen LogP contribution < -0.4 is 5.32 Å². The molecule has 130 valence electrons. The van der Waals surface area contributed by atoms with Crippen LogP contribution in [0.3, 0.4) is 0 Å². The van der Waals surface area contributed by atoms with Crippen LogP contribution in [0.15, 0.2) is 34.9 Å². The minimum atomic E-state index is -0.900. The van der Waals surface area contributed by atoms with Gasteiger partial charge in [0, 0.05) is 0 Å². The lowest BCUT2D eigenvalue weighted by molar-refractivity contribution is -0.130. The third kappa shape index (κ3) is 2.42. The molecule has 0 atom stereocenters. The summed E-state index contributed by atoms with van der Waals surface area (Å²) in [6.45, 7) is 3.36. The van der Waals surface area contributed by atoms with Crippen LogP contribution in [-0.2, 0) is 16.8 Å². The first kappa shape index (κ1) is 15.8. The van der Waals surface area contributed by atoms with Crippen molar-refractivity contribution in [2.45, 2.75) is 50.6 Å². The molecule has 0 radical (unpaired) electrons. The Morgan fingerprint density at radius 2 is 1.92 bits per heavy atom. The number of benzene rings is 1. The molecule has 0 unspecified atom stereocenters. The molecule has 1 saturated carbocycles. The fourth-order valence-electron chi connectivity index (χ4n) is 3.53. The van der Waals surface area contributed by atoms with Crippen LogP contribution in [0, 0.1) is 0 Å². The maximum absolute atomic E-state index is 12.3. The lowest BCUT2D eigenvalue weighted by atomic mass is 9.64. The summed E-state index contributed by atoms with van der Waals surface area (Å²) < 4.78 is 5.53. The van der Waals surface area contributed by atoms with E-state index in [9.17, 15) is 9.59 Å². The van der Waals surface area contributed by atoms with Crippen molar-refractivity contribution in [3.63, 3.8) is 0 Å². The molecular weight excluding hydrogens is 320 g/mol. The van der Waals surface area contributed by atoms with Crippen molar-refractivity contribution in [2.75, 3.05) is 0 Å². The number of imide groups is 1. The first-order chi connectivity index (χ1) is 11.9. The highest BCUT2D eigenvalue weighted by atomic mass is 16.5. The topological polar surface area (TPSA) is 88.3 Å². The highest BCUT2D eigenvalue weighted by Crippen LogP contribution is 2.48. The standard InChI is InChI=1S/C18H20N4O3/c1-17(2)15(23)22(16(24)20-17)11-13-19-14(25-21-13)18(9-6-10-18)12-7-4-3-5-8-12/h3-5,7-8H,6,9-11H2,1-2H3,(H,20,24). The molecule has 2 fully saturated rings. The van der Waals surface area contributed by atoms with E-state index in [1.54, 1.807) is 13.8 Å². The summed E-state index contributed by atoms with van der Waals surface area (Å²) in [5, 5.41) is 6.66. The molecule has 1 aromatic heterocycles. The van der Waals surface area contributed by atoms with Gasteiger partial charge in [0.15, 0.2) is 5.82 Å². The normalized spacial score (nSPS) is 21.1. The molecule has 7 nitrogen and oxygen atoms in total. The van der Waals surface area contributed by atoms with E-state index in [1.807, 2.05) is 18.2 Å². The van der Waals surface area contributed by atoms with Crippen LogP contribution in [0.1, 0.15) is 50.4 Å². The zero-order chi connectivity index (χ0) is 17.7. The largest absolute Gasteiger partial charge is 0.338 e. The molecule has 2 heterocycles. The molecule has 2 aromatic rings. The number of rotatable bonds is 4. The number of nitrogens with zero attached hydrogens (tertiary/aromatic N) is 3. The summed E-state index contributed by atoms with van der Waals surface area (Å²) in [7, 11) is 0. The molecule has 3 amide bonds. The Balaban J connectivity index is 1.59. The molecule has 1 aliphatic carbocycles. The Morgan fingerprint density at radius 3 is 2.48 bits per heavy atom. The number of carbonyl (C=O) groups excluding carboxylic acids is 2. The first-order valence-corrected chi connectivity index (χ1v) is 8.45. The molecule has 1 aromatic carbocycles. The Bertz CT molecular complexity index is 824. The number of urea groups is 1. The van der Waals surface area contributed by atoms with E-state index in [2.05, 4.69) is 27.6 Å². The van der Waals surface area contributed by atoms with Gasteiger partial charge in [-0.2, -0.15) is 4.98 Å². The number of nitrogens with one attached hydrogen (secondary N) is 1. The summed E-state index contributed by atoms with van der Waals surface area (Å²) in [4.78, 5) is 29.9. The number of hydrogen-bond donors (Lipinski definition) is 1. The van der Waals surface area contributed by atoms with Gasteiger partial charge in [0.05, 0.1) is 12.0 Å². The highest BCUT2D eigenvalue weighted by Gasteiger charge is 2.47. The second-order valence-corrected chi connectivity index (χ2v) is 7.26. The SMILES string of the molecule is CC1(C)NC(=O)N(Cc2noc(C3(c4ccccc4)CCC3)n2)C1=O. The second-order valence-electron chi connectivity index (χ2n) is 7.26. The van der Waals surface area contributed by atoms with Gasteiger partial charge in [0.1, 0.15) is 5.54 Å². The Kier molecular flexibility index (Phi) is 3.42. The minimum Gasteiger partial charge on any atom is -0.338 e. The summed E-state index contributed by atoms with van der Waals surface area (Å²) in [6, 6.07) is 9.70. The maximum atomic E-state index is 12.3. The average Bonchev–Trinajstić information content (AvgIpc) is 3.07. The van der Waals surface area contributed by atoms with E-state index in [1.165, 1.54) is 0 Å². The van der Waals surface area contributed by atoms with Crippen LogP contribution in [0.5, 0.6) is 0 Å². The van der Waals surface area contributed by atoms with Gasteiger partial charge in [-0.1, -0.05) is 41.9 Å². The summed E-state index contributed by atoms with van der Waals surface area (Å²) in [5.74, 6) is 0.620. The summed E-state index contributed by atoms with van der Waals surface area (Å²) in [5.41, 5.74) is 0.0129. The lowest BCUT2D eigenvalue weighted by Gasteiger charge is -2.38. The maximum Gasteiger partial charge on any atom is 0.325 e. The molecule has 1 aliphatic heterocycles. The number of aromatic nitrogens is 2. The molecule has 0 bridgehead atoms. The van der Waals surface area contributed by atoms with Gasteiger partial charge in [0.25, 0.3) is 5.91 Å². The molecule has 7 heteroatoms.